The minimum Gasteiger partial charge on any atom is -0.372 e. The van der Waals surface area contributed by atoms with E-state index < -0.39 is 18.0 Å². The molecule has 2 fully saturated rings. The van der Waals surface area contributed by atoms with E-state index in [-0.39, 0.29) is 22.9 Å². The molecule has 1 aliphatic heterocycles. The fraction of sp³-hybridized carbons (Fsp3) is 0.615. The molecule has 5 rings (SSSR count). The normalized spacial score (nSPS) is 22.2. The molecule has 37 heavy (non-hydrogen) atoms. The summed E-state index contributed by atoms with van der Waals surface area (Å²) in [7, 11) is 0. The number of hydrogen-bond donors (Lipinski definition) is 1. The van der Waals surface area contributed by atoms with Crippen molar-refractivity contribution in [3.8, 4) is 0 Å². The number of nitrogens with zero attached hydrogens (tertiary/aromatic N) is 6. The third-order valence-electron chi connectivity index (χ3n) is 7.62. The van der Waals surface area contributed by atoms with Gasteiger partial charge in [0.1, 0.15) is 11.4 Å². The van der Waals surface area contributed by atoms with E-state index in [1.165, 1.54) is 10.7 Å². The molecular weight excluding hydrogens is 480 g/mol. The lowest BCUT2D eigenvalue weighted by Crippen LogP contribution is -2.48. The molecule has 1 saturated carbocycles. The summed E-state index contributed by atoms with van der Waals surface area (Å²) >= 11 is 0. The molecule has 1 saturated heterocycles. The summed E-state index contributed by atoms with van der Waals surface area (Å²) in [5.41, 5.74) is -0.139. The van der Waals surface area contributed by atoms with Crippen LogP contribution < -0.4 is 10.2 Å². The van der Waals surface area contributed by atoms with Gasteiger partial charge in [0, 0.05) is 25.5 Å². The molecule has 2 aliphatic rings. The third-order valence-corrected chi connectivity index (χ3v) is 7.62. The van der Waals surface area contributed by atoms with Gasteiger partial charge in [-0.1, -0.05) is 13.8 Å². The number of carbonyl (C=O) groups is 1. The average molecular weight is 516 g/mol. The maximum Gasteiger partial charge on any atom is 0.284 e. The molecule has 0 spiro atoms. The Morgan fingerprint density at radius 3 is 2.65 bits per heavy atom. The summed E-state index contributed by atoms with van der Waals surface area (Å²) in [5.74, 6) is 1.42. The number of fused-ring (bicyclic) bond motifs is 1. The molecule has 9 nitrogen and oxygen atoms in total. The zero-order valence-corrected chi connectivity index (χ0v) is 21.8. The highest BCUT2D eigenvalue weighted by Gasteiger charge is 2.30. The van der Waals surface area contributed by atoms with Gasteiger partial charge in [-0.2, -0.15) is 10.2 Å². The van der Waals surface area contributed by atoms with Crippen molar-refractivity contribution in [2.45, 2.75) is 71.4 Å². The van der Waals surface area contributed by atoms with Crippen molar-refractivity contribution in [2.24, 2.45) is 11.8 Å². The quantitative estimate of drug-likeness (QED) is 0.490. The molecular formula is C26H35F2N7O2. The average Bonchev–Trinajstić information content (AvgIpc) is 3.47. The van der Waals surface area contributed by atoms with E-state index in [0.717, 1.165) is 25.7 Å². The molecule has 1 amide bonds. The maximum absolute atomic E-state index is 13.9. The van der Waals surface area contributed by atoms with Gasteiger partial charge in [0.2, 0.25) is 0 Å². The molecule has 0 aromatic carbocycles. The Morgan fingerprint density at radius 2 is 1.97 bits per heavy atom. The van der Waals surface area contributed by atoms with Crippen LogP contribution in [-0.4, -0.2) is 55.6 Å². The van der Waals surface area contributed by atoms with Gasteiger partial charge >= 0.3 is 0 Å². The number of halogens is 2. The number of alkyl halides is 2. The molecule has 4 heterocycles. The van der Waals surface area contributed by atoms with Crippen LogP contribution in [0.2, 0.25) is 0 Å². The highest BCUT2D eigenvalue weighted by molar-refractivity contribution is 6.08. The van der Waals surface area contributed by atoms with E-state index in [9.17, 15) is 13.6 Å². The highest BCUT2D eigenvalue weighted by Crippen LogP contribution is 2.37. The second-order valence-corrected chi connectivity index (χ2v) is 11.1. The standard InChI is InChI=1S/C26H35F2N7O2/c1-16(2)17-5-7-18(8-6-17)35-14-20(22(32-35)23(27)28)30-25(36)19-13-29-34-10-9-21(31-24(19)34)33-11-12-37-26(3,4)15-33/h9-10,13-14,16-18,23H,5-8,11-12,15H2,1-4H3,(H,30,36). The number of amides is 1. The van der Waals surface area contributed by atoms with Crippen LogP contribution in [0.15, 0.2) is 24.7 Å². The number of ether oxygens (including phenoxy) is 1. The van der Waals surface area contributed by atoms with E-state index >= 15 is 0 Å². The Bertz CT molecular complexity index is 1260. The molecule has 0 atom stereocenters. The summed E-state index contributed by atoms with van der Waals surface area (Å²) in [4.78, 5) is 20.0. The second kappa shape index (κ2) is 10.00. The number of hydrogen-bond acceptors (Lipinski definition) is 6. The van der Waals surface area contributed by atoms with Crippen molar-refractivity contribution < 1.29 is 18.3 Å². The fourth-order valence-electron chi connectivity index (χ4n) is 5.48. The Morgan fingerprint density at radius 1 is 1.22 bits per heavy atom. The molecule has 1 N–H and O–H groups in total. The van der Waals surface area contributed by atoms with Gasteiger partial charge in [0.15, 0.2) is 11.3 Å². The van der Waals surface area contributed by atoms with Gasteiger partial charge in [-0.05, 0) is 57.4 Å². The SMILES string of the molecule is CC(C)C1CCC(n2cc(NC(=O)c3cnn4ccc(N5CCOC(C)(C)C5)nc34)c(C(F)F)n2)CC1. The Labute approximate surface area is 215 Å². The van der Waals surface area contributed by atoms with Crippen molar-refractivity contribution in [3.05, 3.63) is 35.9 Å². The minimum absolute atomic E-state index is 0.0245. The molecule has 0 radical (unpaired) electrons. The van der Waals surface area contributed by atoms with Crippen molar-refractivity contribution in [3.63, 3.8) is 0 Å². The van der Waals surface area contributed by atoms with E-state index in [1.807, 2.05) is 19.9 Å². The molecule has 3 aromatic rings. The van der Waals surface area contributed by atoms with Crippen LogP contribution in [0.4, 0.5) is 20.3 Å². The smallest absolute Gasteiger partial charge is 0.284 e. The first kappa shape index (κ1) is 25.6. The monoisotopic (exact) mass is 515 g/mol. The van der Waals surface area contributed by atoms with Gasteiger partial charge in [0.05, 0.1) is 30.1 Å². The van der Waals surface area contributed by atoms with E-state index in [0.29, 0.717) is 43.0 Å². The molecule has 0 bridgehead atoms. The van der Waals surface area contributed by atoms with Crippen LogP contribution in [0, 0.1) is 11.8 Å². The molecule has 200 valence electrons. The number of nitrogens with one attached hydrogen (secondary N) is 1. The van der Waals surface area contributed by atoms with Crippen molar-refractivity contribution in [1.82, 2.24) is 24.4 Å². The van der Waals surface area contributed by atoms with Crippen molar-refractivity contribution in [1.29, 1.82) is 0 Å². The second-order valence-electron chi connectivity index (χ2n) is 11.1. The van der Waals surface area contributed by atoms with Gasteiger partial charge in [-0.3, -0.25) is 9.48 Å². The molecule has 3 aromatic heterocycles. The summed E-state index contributed by atoms with van der Waals surface area (Å²) in [6.07, 6.45) is 5.76. The molecule has 0 unspecified atom stereocenters. The highest BCUT2D eigenvalue weighted by atomic mass is 19.3. The predicted octanol–water partition coefficient (Wildman–Crippen LogP) is 5.12. The first-order valence-corrected chi connectivity index (χ1v) is 13.0. The lowest BCUT2D eigenvalue weighted by Gasteiger charge is -2.38. The van der Waals surface area contributed by atoms with Crippen molar-refractivity contribution in [2.75, 3.05) is 29.9 Å². The summed E-state index contributed by atoms with van der Waals surface area (Å²) < 4.78 is 36.7. The Balaban J connectivity index is 1.37. The van der Waals surface area contributed by atoms with Gasteiger partial charge in [-0.25, -0.2) is 18.3 Å². The zero-order valence-electron chi connectivity index (χ0n) is 21.8. The van der Waals surface area contributed by atoms with Crippen molar-refractivity contribution >= 4 is 23.1 Å². The van der Waals surface area contributed by atoms with E-state index in [4.69, 9.17) is 4.74 Å². The van der Waals surface area contributed by atoms with Crippen LogP contribution >= 0.6 is 0 Å². The molecule has 1 aliphatic carbocycles. The first-order chi connectivity index (χ1) is 17.6. The number of rotatable bonds is 6. The predicted molar refractivity (Wildman–Crippen MR) is 136 cm³/mol. The van der Waals surface area contributed by atoms with Gasteiger partial charge in [0.25, 0.3) is 12.3 Å². The lowest BCUT2D eigenvalue weighted by molar-refractivity contribution is -0.0279. The summed E-state index contributed by atoms with van der Waals surface area (Å²) in [6.45, 7) is 10.4. The van der Waals surface area contributed by atoms with E-state index in [2.05, 4.69) is 39.2 Å². The lowest BCUT2D eigenvalue weighted by atomic mass is 9.80. The van der Waals surface area contributed by atoms with Crippen LogP contribution in [0.1, 0.15) is 81.9 Å². The summed E-state index contributed by atoms with van der Waals surface area (Å²) in [6, 6.07) is 1.90. The van der Waals surface area contributed by atoms with E-state index in [1.54, 1.807) is 17.1 Å². The van der Waals surface area contributed by atoms with Crippen LogP contribution in [-0.2, 0) is 4.74 Å². The van der Waals surface area contributed by atoms with Crippen LogP contribution in [0.5, 0.6) is 0 Å². The topological polar surface area (TPSA) is 89.6 Å². The largest absolute Gasteiger partial charge is 0.372 e. The first-order valence-electron chi connectivity index (χ1n) is 13.0. The number of carbonyl (C=O) groups excluding carboxylic acids is 1. The third kappa shape index (κ3) is 5.32. The minimum atomic E-state index is -2.80. The Kier molecular flexibility index (Phi) is 6.91. The zero-order chi connectivity index (χ0) is 26.3. The number of anilines is 2. The van der Waals surface area contributed by atoms with Gasteiger partial charge in [-0.15, -0.1) is 0 Å². The van der Waals surface area contributed by atoms with Gasteiger partial charge < -0.3 is 15.0 Å². The summed E-state index contributed by atoms with van der Waals surface area (Å²) in [5, 5.41) is 11.1. The maximum atomic E-state index is 13.9. The fourth-order valence-corrected chi connectivity index (χ4v) is 5.48. The van der Waals surface area contributed by atoms with Crippen LogP contribution in [0.3, 0.4) is 0 Å². The van der Waals surface area contributed by atoms with Crippen LogP contribution in [0.25, 0.3) is 5.65 Å². The number of aromatic nitrogens is 5. The molecule has 11 heteroatoms. The number of morpholine rings is 1. The Hall–Kier alpha value is -3.08.